The minimum atomic E-state index is -0.434. The Balaban J connectivity index is 1.60. The van der Waals surface area contributed by atoms with Gasteiger partial charge in [0.15, 0.2) is 0 Å². The zero-order chi connectivity index (χ0) is 21.8. The summed E-state index contributed by atoms with van der Waals surface area (Å²) in [6.45, 7) is 0. The smallest absolute Gasteiger partial charge is 0.337 e. The van der Waals surface area contributed by atoms with Gasteiger partial charge in [0, 0.05) is 19.0 Å². The molecule has 1 N–H and O–H groups in total. The number of hydrogen-bond donors (Lipinski definition) is 1. The number of carbonyl (C=O) groups is 2. The van der Waals surface area contributed by atoms with Crippen LogP contribution in [0.15, 0.2) is 78.9 Å². The molecule has 3 aromatic carbocycles. The van der Waals surface area contributed by atoms with Gasteiger partial charge in [0.05, 0.1) is 29.7 Å². The lowest BCUT2D eigenvalue weighted by Gasteiger charge is -2.19. The Bertz CT molecular complexity index is 1210. The normalized spacial score (nSPS) is 11.8. The van der Waals surface area contributed by atoms with Crippen LogP contribution in [0.5, 0.6) is 0 Å². The topological polar surface area (TPSA) is 73.2 Å². The molecule has 6 heteroatoms. The molecule has 0 fully saturated rings. The van der Waals surface area contributed by atoms with Crippen molar-refractivity contribution in [2.24, 2.45) is 7.05 Å². The summed E-state index contributed by atoms with van der Waals surface area (Å²) in [6, 6.07) is 24.0. The van der Waals surface area contributed by atoms with Gasteiger partial charge in [-0.1, -0.05) is 42.5 Å². The maximum absolute atomic E-state index is 13.0. The first-order chi connectivity index (χ1) is 15.1. The van der Waals surface area contributed by atoms with Crippen molar-refractivity contribution in [3.8, 4) is 0 Å². The van der Waals surface area contributed by atoms with Gasteiger partial charge in [-0.05, 0) is 42.0 Å². The van der Waals surface area contributed by atoms with Gasteiger partial charge in [-0.3, -0.25) is 4.79 Å². The Kier molecular flexibility index (Phi) is 5.80. The number of para-hydroxylation sites is 2. The zero-order valence-electron chi connectivity index (χ0n) is 17.4. The Morgan fingerprint density at radius 2 is 1.58 bits per heavy atom. The molecule has 4 rings (SSSR count). The summed E-state index contributed by atoms with van der Waals surface area (Å²) in [6.07, 6.45) is 0.543. The predicted octanol–water partition coefficient (Wildman–Crippen LogP) is 4.07. The number of methoxy groups -OCH3 is 1. The van der Waals surface area contributed by atoms with Gasteiger partial charge in [0.2, 0.25) is 0 Å². The highest BCUT2D eigenvalue weighted by Gasteiger charge is 2.20. The van der Waals surface area contributed by atoms with Crippen molar-refractivity contribution in [1.29, 1.82) is 0 Å². The Labute approximate surface area is 180 Å². The lowest BCUT2D eigenvalue weighted by molar-refractivity contribution is 0.0600. The van der Waals surface area contributed by atoms with Crippen LogP contribution in [-0.2, 0) is 18.2 Å². The van der Waals surface area contributed by atoms with Crippen molar-refractivity contribution in [2.75, 3.05) is 7.11 Å². The fourth-order valence-electron chi connectivity index (χ4n) is 3.62. The quantitative estimate of drug-likeness (QED) is 0.484. The number of ether oxygens (including phenoxy) is 1. The van der Waals surface area contributed by atoms with E-state index in [2.05, 4.69) is 9.88 Å². The van der Waals surface area contributed by atoms with Crippen molar-refractivity contribution >= 4 is 22.9 Å². The van der Waals surface area contributed by atoms with Crippen molar-refractivity contribution in [3.05, 3.63) is 101 Å². The molecular formula is C25H23N3O3. The van der Waals surface area contributed by atoms with E-state index < -0.39 is 5.97 Å². The van der Waals surface area contributed by atoms with Gasteiger partial charge >= 0.3 is 5.97 Å². The Morgan fingerprint density at radius 3 is 2.26 bits per heavy atom. The third-order valence-corrected chi connectivity index (χ3v) is 5.34. The minimum absolute atomic E-state index is 0.218. The fourth-order valence-corrected chi connectivity index (χ4v) is 3.62. The molecule has 0 aliphatic carbocycles. The second-order valence-electron chi connectivity index (χ2n) is 7.29. The molecule has 0 aliphatic heterocycles. The highest BCUT2D eigenvalue weighted by Crippen LogP contribution is 2.22. The van der Waals surface area contributed by atoms with Gasteiger partial charge in [0.1, 0.15) is 5.82 Å². The molecule has 0 saturated heterocycles. The van der Waals surface area contributed by atoms with E-state index in [1.54, 1.807) is 24.3 Å². The third-order valence-electron chi connectivity index (χ3n) is 5.34. The largest absolute Gasteiger partial charge is 0.465 e. The van der Waals surface area contributed by atoms with Crippen LogP contribution in [0.3, 0.4) is 0 Å². The van der Waals surface area contributed by atoms with Crippen LogP contribution in [0, 0.1) is 0 Å². The summed E-state index contributed by atoms with van der Waals surface area (Å²) < 4.78 is 6.77. The summed E-state index contributed by atoms with van der Waals surface area (Å²) in [7, 11) is 3.31. The van der Waals surface area contributed by atoms with Gasteiger partial charge in [-0.15, -0.1) is 0 Å². The predicted molar refractivity (Wildman–Crippen MR) is 119 cm³/mol. The molecule has 0 spiro atoms. The Hall–Kier alpha value is -3.93. The average Bonchev–Trinajstić information content (AvgIpc) is 3.14. The number of nitrogens with zero attached hydrogens (tertiary/aromatic N) is 2. The second-order valence-corrected chi connectivity index (χ2v) is 7.29. The highest BCUT2D eigenvalue weighted by molar-refractivity contribution is 5.96. The van der Waals surface area contributed by atoms with Gasteiger partial charge < -0.3 is 14.6 Å². The number of fused-ring (bicyclic) bond motifs is 1. The second kappa shape index (κ2) is 8.83. The summed E-state index contributed by atoms with van der Waals surface area (Å²) in [5.74, 6) is 0.233. The van der Waals surface area contributed by atoms with Crippen molar-refractivity contribution in [3.63, 3.8) is 0 Å². The van der Waals surface area contributed by atoms with E-state index in [1.165, 1.54) is 7.11 Å². The number of aromatic nitrogens is 2. The first-order valence-electron chi connectivity index (χ1n) is 10.0. The van der Waals surface area contributed by atoms with Crippen LogP contribution in [0.25, 0.3) is 11.0 Å². The summed E-state index contributed by atoms with van der Waals surface area (Å²) in [4.78, 5) is 29.4. The van der Waals surface area contributed by atoms with E-state index in [-0.39, 0.29) is 11.9 Å². The van der Waals surface area contributed by atoms with Crippen LogP contribution < -0.4 is 5.32 Å². The van der Waals surface area contributed by atoms with Crippen LogP contribution in [0.4, 0.5) is 0 Å². The molecule has 6 nitrogen and oxygen atoms in total. The number of hydrogen-bond acceptors (Lipinski definition) is 4. The molecular weight excluding hydrogens is 390 g/mol. The highest BCUT2D eigenvalue weighted by atomic mass is 16.5. The number of nitrogens with one attached hydrogen (secondary N) is 1. The van der Waals surface area contributed by atoms with Crippen LogP contribution >= 0.6 is 0 Å². The summed E-state index contributed by atoms with van der Waals surface area (Å²) >= 11 is 0. The first kappa shape index (κ1) is 20.3. The van der Waals surface area contributed by atoms with E-state index in [0.717, 1.165) is 22.4 Å². The lowest BCUT2D eigenvalue weighted by atomic mass is 10.0. The number of aryl methyl sites for hydroxylation is 1. The summed E-state index contributed by atoms with van der Waals surface area (Å²) in [5, 5.41) is 3.12. The van der Waals surface area contributed by atoms with E-state index in [4.69, 9.17) is 9.72 Å². The minimum Gasteiger partial charge on any atom is -0.465 e. The van der Waals surface area contributed by atoms with Gasteiger partial charge in [0.25, 0.3) is 5.91 Å². The van der Waals surface area contributed by atoms with Crippen LogP contribution in [0.2, 0.25) is 0 Å². The lowest BCUT2D eigenvalue weighted by Crippen LogP contribution is -2.30. The molecule has 4 aromatic rings. The van der Waals surface area contributed by atoms with E-state index in [0.29, 0.717) is 17.5 Å². The number of imidazole rings is 1. The van der Waals surface area contributed by atoms with Crippen LogP contribution in [0.1, 0.15) is 38.1 Å². The molecule has 1 aromatic heterocycles. The molecule has 1 atom stereocenters. The maximum atomic E-state index is 13.0. The van der Waals surface area contributed by atoms with Gasteiger partial charge in [-0.2, -0.15) is 0 Å². The maximum Gasteiger partial charge on any atom is 0.337 e. The fraction of sp³-hybridized carbons (Fsp3) is 0.160. The molecule has 0 saturated carbocycles. The van der Waals surface area contributed by atoms with Crippen LogP contribution in [-0.4, -0.2) is 28.5 Å². The summed E-state index contributed by atoms with van der Waals surface area (Å²) in [5.41, 5.74) is 3.84. The number of rotatable bonds is 6. The Morgan fingerprint density at radius 1 is 0.935 bits per heavy atom. The van der Waals surface area contributed by atoms with E-state index in [1.807, 2.05) is 61.6 Å². The molecule has 1 amide bonds. The standard InChI is InChI=1S/C25H23N3O3/c1-28-22-11-7-6-10-20(22)26-23(28)16-21(17-8-4-3-5-9-17)27-24(29)18-12-14-19(15-13-18)25(30)31-2/h3-15,21H,16H2,1-2H3,(H,27,29)/t21-/m0/s1. The van der Waals surface area contributed by atoms with Gasteiger partial charge in [-0.25, -0.2) is 9.78 Å². The first-order valence-corrected chi connectivity index (χ1v) is 10.0. The molecule has 31 heavy (non-hydrogen) atoms. The SMILES string of the molecule is COC(=O)c1ccc(C(=O)N[C@@H](Cc2nc3ccccc3n2C)c2ccccc2)cc1. The molecule has 0 unspecified atom stereocenters. The number of benzene rings is 3. The van der Waals surface area contributed by atoms with E-state index in [9.17, 15) is 9.59 Å². The average molecular weight is 413 g/mol. The van der Waals surface area contributed by atoms with Crippen molar-refractivity contribution in [2.45, 2.75) is 12.5 Å². The van der Waals surface area contributed by atoms with E-state index >= 15 is 0 Å². The monoisotopic (exact) mass is 413 g/mol. The molecule has 1 heterocycles. The molecule has 0 aliphatic rings. The van der Waals surface area contributed by atoms with Crippen molar-refractivity contribution < 1.29 is 14.3 Å². The number of carbonyl (C=O) groups excluding carboxylic acids is 2. The zero-order valence-corrected chi connectivity index (χ0v) is 17.4. The third kappa shape index (κ3) is 4.33. The number of esters is 1. The van der Waals surface area contributed by atoms with Crippen molar-refractivity contribution in [1.82, 2.24) is 14.9 Å². The molecule has 0 radical (unpaired) electrons. The number of amides is 1. The molecule has 0 bridgehead atoms. The molecule has 156 valence electrons.